The Morgan fingerprint density at radius 3 is 2.94 bits per heavy atom. The van der Waals surface area contributed by atoms with E-state index in [9.17, 15) is 0 Å². The van der Waals surface area contributed by atoms with Gasteiger partial charge in [0.25, 0.3) is 6.01 Å². The second kappa shape index (κ2) is 4.04. The smallest absolute Gasteiger partial charge is 0.297 e. The number of hydrogen-bond donors (Lipinski definition) is 1. The molecule has 1 saturated carbocycles. The van der Waals surface area contributed by atoms with Crippen molar-refractivity contribution in [3.63, 3.8) is 0 Å². The molecule has 2 N–H and O–H groups in total. The third kappa shape index (κ3) is 1.78. The highest BCUT2D eigenvalue weighted by Gasteiger charge is 2.28. The minimum atomic E-state index is 0.552. The molecule has 0 bridgehead atoms. The van der Waals surface area contributed by atoms with E-state index in [4.69, 9.17) is 10.5 Å². The molecule has 0 amide bonds. The van der Waals surface area contributed by atoms with Gasteiger partial charge in [0.05, 0.1) is 17.6 Å². The molecule has 4 nitrogen and oxygen atoms in total. The molecular weight excluding hydrogens is 214 g/mol. The lowest BCUT2D eigenvalue weighted by molar-refractivity contribution is 0.299. The van der Waals surface area contributed by atoms with Crippen LogP contribution in [0.4, 0.5) is 0 Å². The van der Waals surface area contributed by atoms with Crippen molar-refractivity contribution in [2.24, 2.45) is 5.73 Å². The van der Waals surface area contributed by atoms with Crippen molar-refractivity contribution in [2.75, 3.05) is 6.61 Å². The fourth-order valence-electron chi connectivity index (χ4n) is 2.17. The van der Waals surface area contributed by atoms with Crippen molar-refractivity contribution in [1.29, 1.82) is 0 Å². The third-order valence-corrected chi connectivity index (χ3v) is 3.14. The first-order chi connectivity index (χ1) is 8.33. The van der Waals surface area contributed by atoms with Crippen LogP contribution < -0.4 is 10.5 Å². The Balaban J connectivity index is 2.15. The molecular formula is C13H17N3O. The lowest BCUT2D eigenvalue weighted by Crippen LogP contribution is -2.01. The highest BCUT2D eigenvalue weighted by molar-refractivity contribution is 5.78. The summed E-state index contributed by atoms with van der Waals surface area (Å²) in [6.07, 6.45) is 2.45. The maximum absolute atomic E-state index is 5.65. The van der Waals surface area contributed by atoms with Crippen LogP contribution in [0.15, 0.2) is 18.2 Å². The standard InChI is InChI=1S/C13H17N3O/c1-2-17-13-15-11-7-9(8-14)3-6-12(11)16(13)10-4-5-10/h3,6-7,10H,2,4-5,8,14H2,1H3. The Labute approximate surface area is 100 Å². The molecule has 1 aromatic carbocycles. The predicted molar refractivity (Wildman–Crippen MR) is 67.1 cm³/mol. The van der Waals surface area contributed by atoms with Gasteiger partial charge in [-0.25, -0.2) is 0 Å². The molecule has 90 valence electrons. The molecule has 1 fully saturated rings. The van der Waals surface area contributed by atoms with Crippen LogP contribution in [0.1, 0.15) is 31.4 Å². The fraction of sp³-hybridized carbons (Fsp3) is 0.462. The minimum Gasteiger partial charge on any atom is -0.465 e. The van der Waals surface area contributed by atoms with Crippen LogP contribution in [0.2, 0.25) is 0 Å². The van der Waals surface area contributed by atoms with Crippen LogP contribution >= 0.6 is 0 Å². The average molecular weight is 231 g/mol. The summed E-state index contributed by atoms with van der Waals surface area (Å²) in [4.78, 5) is 4.56. The van der Waals surface area contributed by atoms with E-state index in [1.165, 1.54) is 12.8 Å². The van der Waals surface area contributed by atoms with Gasteiger partial charge in [-0.2, -0.15) is 4.98 Å². The van der Waals surface area contributed by atoms with Crippen LogP contribution in [-0.4, -0.2) is 16.2 Å². The van der Waals surface area contributed by atoms with Gasteiger partial charge in [0.1, 0.15) is 0 Å². The Bertz CT molecular complexity index is 543. The number of rotatable bonds is 4. The SMILES string of the molecule is CCOc1nc2cc(CN)ccc2n1C1CC1. The molecule has 0 saturated heterocycles. The number of fused-ring (bicyclic) bond motifs is 1. The summed E-state index contributed by atoms with van der Waals surface area (Å²) in [6.45, 7) is 3.19. The maximum atomic E-state index is 5.65. The van der Waals surface area contributed by atoms with Gasteiger partial charge in [-0.1, -0.05) is 6.07 Å². The maximum Gasteiger partial charge on any atom is 0.297 e. The summed E-state index contributed by atoms with van der Waals surface area (Å²) in [5.41, 5.74) is 8.91. The van der Waals surface area contributed by atoms with E-state index in [-0.39, 0.29) is 0 Å². The second-order valence-electron chi connectivity index (χ2n) is 4.46. The molecule has 2 aromatic rings. The zero-order chi connectivity index (χ0) is 11.8. The average Bonchev–Trinajstić information content (AvgIpc) is 3.11. The molecule has 4 heteroatoms. The van der Waals surface area contributed by atoms with Crippen LogP contribution in [-0.2, 0) is 6.54 Å². The molecule has 17 heavy (non-hydrogen) atoms. The normalized spacial score (nSPS) is 15.4. The summed E-state index contributed by atoms with van der Waals surface area (Å²) in [7, 11) is 0. The number of ether oxygens (including phenoxy) is 1. The van der Waals surface area contributed by atoms with E-state index in [0.29, 0.717) is 19.2 Å². The van der Waals surface area contributed by atoms with Gasteiger partial charge in [0, 0.05) is 12.6 Å². The highest BCUT2D eigenvalue weighted by Crippen LogP contribution is 2.40. The molecule has 1 aliphatic rings. The van der Waals surface area contributed by atoms with E-state index < -0.39 is 0 Å². The van der Waals surface area contributed by atoms with E-state index in [0.717, 1.165) is 22.6 Å². The Hall–Kier alpha value is -1.55. The second-order valence-corrected chi connectivity index (χ2v) is 4.46. The highest BCUT2D eigenvalue weighted by atomic mass is 16.5. The fourth-order valence-corrected chi connectivity index (χ4v) is 2.17. The van der Waals surface area contributed by atoms with Crippen molar-refractivity contribution >= 4 is 11.0 Å². The number of imidazole rings is 1. The molecule has 3 rings (SSSR count). The summed E-state index contributed by atoms with van der Waals surface area (Å²) in [6, 6.07) is 7.55. The molecule has 1 aromatic heterocycles. The van der Waals surface area contributed by atoms with Gasteiger partial charge in [0.2, 0.25) is 0 Å². The molecule has 1 aliphatic carbocycles. The third-order valence-electron chi connectivity index (χ3n) is 3.14. The van der Waals surface area contributed by atoms with E-state index in [1.807, 2.05) is 6.92 Å². The van der Waals surface area contributed by atoms with Crippen molar-refractivity contribution in [2.45, 2.75) is 32.4 Å². The number of hydrogen-bond acceptors (Lipinski definition) is 3. The first-order valence-corrected chi connectivity index (χ1v) is 6.17. The minimum absolute atomic E-state index is 0.552. The number of nitrogens with zero attached hydrogens (tertiary/aromatic N) is 2. The summed E-state index contributed by atoms with van der Waals surface area (Å²) >= 11 is 0. The van der Waals surface area contributed by atoms with Gasteiger partial charge >= 0.3 is 0 Å². The zero-order valence-electron chi connectivity index (χ0n) is 10.0. The van der Waals surface area contributed by atoms with E-state index in [1.54, 1.807) is 0 Å². The predicted octanol–water partition coefficient (Wildman–Crippen LogP) is 2.23. The lowest BCUT2D eigenvalue weighted by atomic mass is 10.2. The number of aromatic nitrogens is 2. The van der Waals surface area contributed by atoms with Crippen molar-refractivity contribution < 1.29 is 4.74 Å². The monoisotopic (exact) mass is 231 g/mol. The van der Waals surface area contributed by atoms with Crippen molar-refractivity contribution in [1.82, 2.24) is 9.55 Å². The molecule has 0 aliphatic heterocycles. The molecule has 0 spiro atoms. The van der Waals surface area contributed by atoms with Crippen LogP contribution in [0, 0.1) is 0 Å². The Morgan fingerprint density at radius 2 is 2.29 bits per heavy atom. The van der Waals surface area contributed by atoms with Gasteiger partial charge < -0.3 is 10.5 Å². The summed E-state index contributed by atoms with van der Waals surface area (Å²) < 4.78 is 7.84. The largest absolute Gasteiger partial charge is 0.465 e. The Morgan fingerprint density at radius 1 is 1.47 bits per heavy atom. The topological polar surface area (TPSA) is 53.1 Å². The van der Waals surface area contributed by atoms with Crippen LogP contribution in [0.25, 0.3) is 11.0 Å². The van der Waals surface area contributed by atoms with Crippen LogP contribution in [0.3, 0.4) is 0 Å². The Kier molecular flexibility index (Phi) is 2.52. The molecule has 0 atom stereocenters. The van der Waals surface area contributed by atoms with Gasteiger partial charge in [0.15, 0.2) is 0 Å². The van der Waals surface area contributed by atoms with Crippen LogP contribution in [0.5, 0.6) is 6.01 Å². The summed E-state index contributed by atoms with van der Waals surface area (Å²) in [5, 5.41) is 0. The van der Waals surface area contributed by atoms with E-state index in [2.05, 4.69) is 27.8 Å². The summed E-state index contributed by atoms with van der Waals surface area (Å²) in [5.74, 6) is 0. The first kappa shape index (κ1) is 10.6. The lowest BCUT2D eigenvalue weighted by Gasteiger charge is -2.06. The van der Waals surface area contributed by atoms with E-state index >= 15 is 0 Å². The van der Waals surface area contributed by atoms with Crippen molar-refractivity contribution in [3.8, 4) is 6.01 Å². The first-order valence-electron chi connectivity index (χ1n) is 6.17. The van der Waals surface area contributed by atoms with Gasteiger partial charge in [-0.05, 0) is 37.5 Å². The van der Waals surface area contributed by atoms with Crippen molar-refractivity contribution in [3.05, 3.63) is 23.8 Å². The number of benzene rings is 1. The number of nitrogens with two attached hydrogens (primary N) is 1. The molecule has 0 radical (unpaired) electrons. The van der Waals surface area contributed by atoms with Gasteiger partial charge in [-0.3, -0.25) is 4.57 Å². The molecule has 0 unspecified atom stereocenters. The van der Waals surface area contributed by atoms with Gasteiger partial charge in [-0.15, -0.1) is 0 Å². The quantitative estimate of drug-likeness (QED) is 0.877. The molecule has 1 heterocycles. The zero-order valence-corrected chi connectivity index (χ0v) is 10.0.